The molecule has 28 heavy (non-hydrogen) atoms. The molecule has 0 spiro atoms. The van der Waals surface area contributed by atoms with Crippen LogP contribution in [0.5, 0.6) is 0 Å². The van der Waals surface area contributed by atoms with Gasteiger partial charge in [0.15, 0.2) is 0 Å². The number of imide groups is 1. The Hall–Kier alpha value is -2.90. The minimum Gasteiger partial charge on any atom is -0.450 e. The number of benzene rings is 2. The third kappa shape index (κ3) is 4.00. The first kappa shape index (κ1) is 19.9. The first-order valence-electron chi connectivity index (χ1n) is 8.75. The molecule has 0 aliphatic carbocycles. The number of hydrogen-bond donors (Lipinski definition) is 1. The summed E-state index contributed by atoms with van der Waals surface area (Å²) in [5, 5.41) is 3.90. The number of carbonyl (C=O) groups is 3. The van der Waals surface area contributed by atoms with Gasteiger partial charge in [0.05, 0.1) is 23.8 Å². The minimum absolute atomic E-state index is 0.212. The van der Waals surface area contributed by atoms with E-state index in [0.717, 1.165) is 5.06 Å². The lowest BCUT2D eigenvalue weighted by Crippen LogP contribution is -2.42. The van der Waals surface area contributed by atoms with Crippen LogP contribution in [0.2, 0.25) is 5.02 Å². The molecule has 0 aromatic heterocycles. The molecule has 7 nitrogen and oxygen atoms in total. The van der Waals surface area contributed by atoms with Crippen LogP contribution in [0.4, 0.5) is 4.79 Å². The van der Waals surface area contributed by atoms with Gasteiger partial charge in [-0.2, -0.15) is 0 Å². The zero-order valence-electron chi connectivity index (χ0n) is 15.3. The van der Waals surface area contributed by atoms with Crippen LogP contribution in [0.15, 0.2) is 48.5 Å². The molecule has 0 radical (unpaired) electrons. The highest BCUT2D eigenvalue weighted by atomic mass is 35.5. The lowest BCUT2D eigenvalue weighted by Gasteiger charge is -2.28. The smallest absolute Gasteiger partial charge is 0.407 e. The second-order valence-electron chi connectivity index (χ2n) is 6.18. The molecule has 1 heterocycles. The number of nitrogens with one attached hydrogen (secondary N) is 1. The summed E-state index contributed by atoms with van der Waals surface area (Å²) in [5.74, 6) is -1.11. The van der Waals surface area contributed by atoms with Crippen molar-refractivity contribution in [1.29, 1.82) is 0 Å². The Bertz CT molecular complexity index is 865. The van der Waals surface area contributed by atoms with Crippen molar-refractivity contribution in [2.75, 3.05) is 6.61 Å². The zero-order chi connectivity index (χ0) is 20.3. The van der Waals surface area contributed by atoms with Crippen molar-refractivity contribution in [1.82, 2.24) is 10.4 Å². The molecule has 3 amide bonds. The number of hydroxylamine groups is 2. The number of amides is 3. The summed E-state index contributed by atoms with van der Waals surface area (Å²) in [6.45, 7) is 3.59. The van der Waals surface area contributed by atoms with Gasteiger partial charge in [0.2, 0.25) is 0 Å². The maximum atomic E-state index is 12.6. The van der Waals surface area contributed by atoms with E-state index in [-0.39, 0.29) is 17.7 Å². The molecule has 2 aromatic carbocycles. The summed E-state index contributed by atoms with van der Waals surface area (Å²) < 4.78 is 4.91. The van der Waals surface area contributed by atoms with Crippen molar-refractivity contribution in [3.63, 3.8) is 0 Å². The number of alkyl carbamates (subject to hydrolysis) is 1. The third-order valence-electron chi connectivity index (χ3n) is 4.25. The van der Waals surface area contributed by atoms with E-state index in [0.29, 0.717) is 10.6 Å². The molecule has 0 fully saturated rings. The van der Waals surface area contributed by atoms with Gasteiger partial charge < -0.3 is 10.1 Å². The largest absolute Gasteiger partial charge is 0.450 e. The first-order valence-corrected chi connectivity index (χ1v) is 9.13. The second-order valence-corrected chi connectivity index (χ2v) is 6.62. The van der Waals surface area contributed by atoms with Crippen LogP contribution in [0.1, 0.15) is 46.2 Å². The molecule has 2 atom stereocenters. The van der Waals surface area contributed by atoms with Gasteiger partial charge in [-0.3, -0.25) is 14.4 Å². The summed E-state index contributed by atoms with van der Waals surface area (Å²) in [5.41, 5.74) is 1.17. The number of rotatable bonds is 6. The predicted molar refractivity (Wildman–Crippen MR) is 102 cm³/mol. The Kier molecular flexibility index (Phi) is 5.96. The van der Waals surface area contributed by atoms with E-state index in [9.17, 15) is 14.4 Å². The van der Waals surface area contributed by atoms with Crippen LogP contribution < -0.4 is 5.32 Å². The Labute approximate surface area is 167 Å². The number of fused-ring (bicyclic) bond motifs is 1. The molecule has 0 unspecified atom stereocenters. The molecule has 1 N–H and O–H groups in total. The highest BCUT2D eigenvalue weighted by molar-refractivity contribution is 6.30. The van der Waals surface area contributed by atoms with Crippen molar-refractivity contribution in [3.05, 3.63) is 70.2 Å². The summed E-state index contributed by atoms with van der Waals surface area (Å²) in [4.78, 5) is 42.9. The molecular weight excluding hydrogens is 384 g/mol. The van der Waals surface area contributed by atoms with Crippen LogP contribution in [0.3, 0.4) is 0 Å². The topological polar surface area (TPSA) is 84.9 Å². The number of halogens is 1. The quantitative estimate of drug-likeness (QED) is 0.744. The summed E-state index contributed by atoms with van der Waals surface area (Å²) in [7, 11) is 0. The maximum Gasteiger partial charge on any atom is 0.407 e. The fourth-order valence-corrected chi connectivity index (χ4v) is 3.03. The molecule has 0 saturated heterocycles. The molecular formula is C20H19ClN2O5. The van der Waals surface area contributed by atoms with E-state index < -0.39 is 30.1 Å². The van der Waals surface area contributed by atoms with Crippen LogP contribution in [-0.4, -0.2) is 35.6 Å². The fourth-order valence-electron chi connectivity index (χ4n) is 2.90. The first-order chi connectivity index (χ1) is 13.4. The van der Waals surface area contributed by atoms with E-state index >= 15 is 0 Å². The summed E-state index contributed by atoms with van der Waals surface area (Å²) >= 11 is 5.95. The van der Waals surface area contributed by atoms with Gasteiger partial charge in [-0.1, -0.05) is 35.9 Å². The minimum atomic E-state index is -0.830. The standard InChI is InChI=1S/C20H19ClN2O5/c1-3-27-20(26)22-12(2)17(13-8-10-14(21)11-9-13)28-23-18(24)15-6-4-5-7-16(15)19(23)25/h4-12,17H,3H2,1-2H3,(H,22,26)/t12-,17-/m0/s1. The van der Waals surface area contributed by atoms with Crippen molar-refractivity contribution < 1.29 is 24.0 Å². The third-order valence-corrected chi connectivity index (χ3v) is 4.50. The van der Waals surface area contributed by atoms with Gasteiger partial charge in [0.25, 0.3) is 11.8 Å². The summed E-state index contributed by atoms with van der Waals surface area (Å²) in [6.07, 6.45) is -1.45. The van der Waals surface area contributed by atoms with Crippen molar-refractivity contribution in [2.24, 2.45) is 0 Å². The van der Waals surface area contributed by atoms with Gasteiger partial charge in [0, 0.05) is 5.02 Å². The average Bonchev–Trinajstić information content (AvgIpc) is 2.92. The maximum absolute atomic E-state index is 12.6. The van der Waals surface area contributed by atoms with Crippen LogP contribution in [0, 0.1) is 0 Å². The van der Waals surface area contributed by atoms with E-state index in [1.807, 2.05) is 0 Å². The Morgan fingerprint density at radius 1 is 1.07 bits per heavy atom. The molecule has 146 valence electrons. The molecule has 8 heteroatoms. The van der Waals surface area contributed by atoms with Gasteiger partial charge in [-0.25, -0.2) is 4.79 Å². The Balaban J connectivity index is 1.87. The lowest BCUT2D eigenvalue weighted by atomic mass is 10.0. The van der Waals surface area contributed by atoms with E-state index in [2.05, 4.69) is 5.32 Å². The Morgan fingerprint density at radius 3 is 2.18 bits per heavy atom. The highest BCUT2D eigenvalue weighted by Crippen LogP contribution is 2.30. The van der Waals surface area contributed by atoms with Gasteiger partial charge >= 0.3 is 6.09 Å². The molecule has 0 bridgehead atoms. The normalized spacial score (nSPS) is 15.2. The molecule has 3 rings (SSSR count). The predicted octanol–water partition coefficient (Wildman–Crippen LogP) is 3.74. The zero-order valence-corrected chi connectivity index (χ0v) is 16.1. The number of nitrogens with zero attached hydrogens (tertiary/aromatic N) is 1. The van der Waals surface area contributed by atoms with Gasteiger partial charge in [-0.05, 0) is 43.7 Å². The van der Waals surface area contributed by atoms with E-state index in [1.54, 1.807) is 62.4 Å². The molecule has 1 aliphatic heterocycles. The number of ether oxygens (including phenoxy) is 1. The van der Waals surface area contributed by atoms with Crippen molar-refractivity contribution in [3.8, 4) is 0 Å². The average molecular weight is 403 g/mol. The molecule has 0 saturated carbocycles. The molecule has 2 aromatic rings. The van der Waals surface area contributed by atoms with Crippen LogP contribution in [0.25, 0.3) is 0 Å². The lowest BCUT2D eigenvalue weighted by molar-refractivity contribution is -0.142. The van der Waals surface area contributed by atoms with Gasteiger partial charge in [0.1, 0.15) is 6.10 Å². The van der Waals surface area contributed by atoms with Gasteiger partial charge in [-0.15, -0.1) is 5.06 Å². The number of carbonyl (C=O) groups excluding carboxylic acids is 3. The van der Waals surface area contributed by atoms with E-state index in [4.69, 9.17) is 21.2 Å². The monoisotopic (exact) mass is 402 g/mol. The second kappa shape index (κ2) is 8.41. The van der Waals surface area contributed by atoms with E-state index in [1.165, 1.54) is 0 Å². The van der Waals surface area contributed by atoms with Crippen molar-refractivity contribution in [2.45, 2.75) is 26.0 Å². The Morgan fingerprint density at radius 2 is 1.64 bits per heavy atom. The SMILES string of the molecule is CCOC(=O)N[C@@H](C)[C@H](ON1C(=O)c2ccccc2C1=O)c1ccc(Cl)cc1. The fraction of sp³-hybridized carbons (Fsp3) is 0.250. The van der Waals surface area contributed by atoms with Crippen LogP contribution >= 0.6 is 11.6 Å². The highest BCUT2D eigenvalue weighted by Gasteiger charge is 2.39. The summed E-state index contributed by atoms with van der Waals surface area (Å²) in [6, 6.07) is 12.6. The number of hydrogen-bond acceptors (Lipinski definition) is 5. The molecule has 1 aliphatic rings. The van der Waals surface area contributed by atoms with Crippen LogP contribution in [-0.2, 0) is 9.57 Å². The van der Waals surface area contributed by atoms with Crippen molar-refractivity contribution >= 4 is 29.5 Å².